The molecular formula is C19H24N2O7. The van der Waals surface area contributed by atoms with Crippen LogP contribution in [0.25, 0.3) is 0 Å². The summed E-state index contributed by atoms with van der Waals surface area (Å²) in [6.07, 6.45) is 0.530. The standard InChI is InChI=1S/C19H24N2O7/c1-26-14-7-13(8-15(27-2)17(14)28-3)21-10-12(6-16(21)22)18(23)20-5-4-11(9-20)19(24)25/h7-8,11-12H,4-6,9-10H2,1-3H3,(H,24,25). The van der Waals surface area contributed by atoms with Gasteiger partial charge in [-0.1, -0.05) is 0 Å². The van der Waals surface area contributed by atoms with Crippen LogP contribution in [0.3, 0.4) is 0 Å². The zero-order valence-electron chi connectivity index (χ0n) is 16.1. The van der Waals surface area contributed by atoms with Crippen molar-refractivity contribution in [2.24, 2.45) is 11.8 Å². The van der Waals surface area contributed by atoms with Crippen LogP contribution in [0, 0.1) is 11.8 Å². The lowest BCUT2D eigenvalue weighted by molar-refractivity contribution is -0.141. The van der Waals surface area contributed by atoms with Crippen LogP contribution in [-0.2, 0) is 14.4 Å². The first kappa shape index (κ1) is 19.8. The van der Waals surface area contributed by atoms with E-state index < -0.39 is 17.8 Å². The number of aliphatic carboxylic acids is 1. The third-order valence-electron chi connectivity index (χ3n) is 5.28. The molecule has 0 aromatic heterocycles. The van der Waals surface area contributed by atoms with E-state index in [2.05, 4.69) is 0 Å². The van der Waals surface area contributed by atoms with E-state index in [-0.39, 0.29) is 31.3 Å². The van der Waals surface area contributed by atoms with Crippen LogP contribution in [0.5, 0.6) is 17.2 Å². The highest BCUT2D eigenvalue weighted by atomic mass is 16.5. The number of methoxy groups -OCH3 is 3. The van der Waals surface area contributed by atoms with Crippen LogP contribution >= 0.6 is 0 Å². The van der Waals surface area contributed by atoms with Crippen molar-refractivity contribution in [3.63, 3.8) is 0 Å². The number of hydrogen-bond donors (Lipinski definition) is 1. The molecule has 2 aliphatic rings. The fourth-order valence-electron chi connectivity index (χ4n) is 3.77. The Morgan fingerprint density at radius 1 is 1.04 bits per heavy atom. The summed E-state index contributed by atoms with van der Waals surface area (Å²) < 4.78 is 16.0. The van der Waals surface area contributed by atoms with Crippen molar-refractivity contribution in [3.05, 3.63) is 12.1 Å². The SMILES string of the molecule is COc1cc(N2CC(C(=O)N3CCC(C(=O)O)C3)CC2=O)cc(OC)c1OC. The molecule has 0 saturated carbocycles. The molecule has 0 spiro atoms. The van der Waals surface area contributed by atoms with Gasteiger partial charge >= 0.3 is 5.97 Å². The summed E-state index contributed by atoms with van der Waals surface area (Å²) in [6, 6.07) is 3.34. The Balaban J connectivity index is 1.78. The van der Waals surface area contributed by atoms with Crippen molar-refractivity contribution in [2.45, 2.75) is 12.8 Å². The fourth-order valence-corrected chi connectivity index (χ4v) is 3.77. The first-order valence-corrected chi connectivity index (χ1v) is 9.01. The summed E-state index contributed by atoms with van der Waals surface area (Å²) in [4.78, 5) is 39.5. The summed E-state index contributed by atoms with van der Waals surface area (Å²) in [5.74, 6) is -1.02. The Bertz CT molecular complexity index is 769. The van der Waals surface area contributed by atoms with Gasteiger partial charge in [0.25, 0.3) is 0 Å². The van der Waals surface area contributed by atoms with Gasteiger partial charge in [-0.15, -0.1) is 0 Å². The van der Waals surface area contributed by atoms with E-state index in [1.165, 1.54) is 26.2 Å². The summed E-state index contributed by atoms with van der Waals surface area (Å²) in [5, 5.41) is 9.12. The average Bonchev–Trinajstić information content (AvgIpc) is 3.33. The first-order valence-electron chi connectivity index (χ1n) is 9.01. The highest BCUT2D eigenvalue weighted by molar-refractivity contribution is 6.01. The molecule has 2 saturated heterocycles. The number of rotatable bonds is 6. The van der Waals surface area contributed by atoms with Gasteiger partial charge in [0.2, 0.25) is 17.6 Å². The maximum absolute atomic E-state index is 12.8. The third-order valence-corrected chi connectivity index (χ3v) is 5.28. The van der Waals surface area contributed by atoms with Crippen molar-refractivity contribution in [1.82, 2.24) is 4.90 Å². The molecule has 0 bridgehead atoms. The van der Waals surface area contributed by atoms with Gasteiger partial charge in [-0.2, -0.15) is 0 Å². The normalized spacial score (nSPS) is 21.8. The van der Waals surface area contributed by atoms with Gasteiger partial charge in [-0.3, -0.25) is 14.4 Å². The van der Waals surface area contributed by atoms with E-state index in [0.717, 1.165) is 0 Å². The number of amides is 2. The van der Waals surface area contributed by atoms with Crippen LogP contribution in [0.15, 0.2) is 12.1 Å². The smallest absolute Gasteiger partial charge is 0.308 e. The molecule has 2 aliphatic heterocycles. The molecular weight excluding hydrogens is 368 g/mol. The first-order chi connectivity index (χ1) is 13.4. The Labute approximate surface area is 162 Å². The molecule has 3 rings (SSSR count). The Morgan fingerprint density at radius 2 is 1.68 bits per heavy atom. The fraction of sp³-hybridized carbons (Fsp3) is 0.526. The second kappa shape index (κ2) is 7.95. The lowest BCUT2D eigenvalue weighted by Crippen LogP contribution is -2.36. The lowest BCUT2D eigenvalue weighted by Gasteiger charge is -2.22. The van der Waals surface area contributed by atoms with E-state index in [4.69, 9.17) is 19.3 Å². The molecule has 152 valence electrons. The van der Waals surface area contributed by atoms with Crippen LogP contribution in [0.2, 0.25) is 0 Å². The number of likely N-dealkylation sites (tertiary alicyclic amines) is 1. The molecule has 9 nitrogen and oxygen atoms in total. The number of carboxylic acids is 1. The van der Waals surface area contributed by atoms with Crippen LogP contribution < -0.4 is 19.1 Å². The summed E-state index contributed by atoms with van der Waals surface area (Å²) in [6.45, 7) is 0.832. The predicted octanol–water partition coefficient (Wildman–Crippen LogP) is 0.998. The van der Waals surface area contributed by atoms with Crippen molar-refractivity contribution in [1.29, 1.82) is 0 Å². The van der Waals surface area contributed by atoms with E-state index in [1.54, 1.807) is 17.0 Å². The number of benzene rings is 1. The number of nitrogens with zero attached hydrogens (tertiary/aromatic N) is 2. The highest BCUT2D eigenvalue weighted by Crippen LogP contribution is 2.42. The van der Waals surface area contributed by atoms with Crippen LogP contribution in [-0.4, -0.2) is 68.8 Å². The molecule has 2 fully saturated rings. The quantitative estimate of drug-likeness (QED) is 0.770. The second-order valence-electron chi connectivity index (χ2n) is 6.90. The zero-order valence-corrected chi connectivity index (χ0v) is 16.1. The molecule has 9 heteroatoms. The van der Waals surface area contributed by atoms with Crippen molar-refractivity contribution < 1.29 is 33.7 Å². The van der Waals surface area contributed by atoms with E-state index in [9.17, 15) is 14.4 Å². The molecule has 1 N–H and O–H groups in total. The van der Waals surface area contributed by atoms with Crippen molar-refractivity contribution >= 4 is 23.5 Å². The van der Waals surface area contributed by atoms with E-state index in [0.29, 0.717) is 35.9 Å². The molecule has 2 amide bonds. The summed E-state index contributed by atoms with van der Waals surface area (Å²) >= 11 is 0. The van der Waals surface area contributed by atoms with E-state index >= 15 is 0 Å². The summed E-state index contributed by atoms with van der Waals surface area (Å²) in [5.41, 5.74) is 0.555. The van der Waals surface area contributed by atoms with Gasteiger partial charge in [0.05, 0.1) is 38.9 Å². The van der Waals surface area contributed by atoms with Gasteiger partial charge < -0.3 is 29.1 Å². The maximum atomic E-state index is 12.8. The Hall–Kier alpha value is -2.97. The number of carboxylic acid groups (broad SMARTS) is 1. The minimum atomic E-state index is -0.892. The van der Waals surface area contributed by atoms with Gasteiger partial charge in [0.1, 0.15) is 0 Å². The molecule has 2 atom stereocenters. The molecule has 2 heterocycles. The topological polar surface area (TPSA) is 106 Å². The number of ether oxygens (including phenoxy) is 3. The number of anilines is 1. The minimum absolute atomic E-state index is 0.0870. The summed E-state index contributed by atoms with van der Waals surface area (Å²) in [7, 11) is 4.48. The largest absolute Gasteiger partial charge is 0.493 e. The Morgan fingerprint density at radius 3 is 2.18 bits per heavy atom. The maximum Gasteiger partial charge on any atom is 0.308 e. The van der Waals surface area contributed by atoms with Crippen molar-refractivity contribution in [2.75, 3.05) is 45.9 Å². The zero-order chi connectivity index (χ0) is 20.4. The van der Waals surface area contributed by atoms with Crippen molar-refractivity contribution in [3.8, 4) is 17.2 Å². The average molecular weight is 392 g/mol. The number of hydrogen-bond acceptors (Lipinski definition) is 6. The monoisotopic (exact) mass is 392 g/mol. The number of carbonyl (C=O) groups is 3. The Kier molecular flexibility index (Phi) is 5.62. The van der Waals surface area contributed by atoms with Gasteiger partial charge in [-0.05, 0) is 6.42 Å². The van der Waals surface area contributed by atoms with Crippen LogP contribution in [0.4, 0.5) is 5.69 Å². The molecule has 2 unspecified atom stereocenters. The molecule has 1 aromatic carbocycles. The molecule has 1 aromatic rings. The van der Waals surface area contributed by atoms with Crippen LogP contribution in [0.1, 0.15) is 12.8 Å². The van der Waals surface area contributed by atoms with Gasteiger partial charge in [-0.25, -0.2) is 0 Å². The minimum Gasteiger partial charge on any atom is -0.493 e. The molecule has 28 heavy (non-hydrogen) atoms. The highest BCUT2D eigenvalue weighted by Gasteiger charge is 2.40. The second-order valence-corrected chi connectivity index (χ2v) is 6.90. The predicted molar refractivity (Wildman–Crippen MR) is 98.9 cm³/mol. The lowest BCUT2D eigenvalue weighted by atomic mass is 10.1. The van der Waals surface area contributed by atoms with E-state index in [1.807, 2.05) is 0 Å². The van der Waals surface area contributed by atoms with Gasteiger partial charge in [0, 0.05) is 38.2 Å². The molecule has 0 radical (unpaired) electrons. The van der Waals surface area contributed by atoms with Gasteiger partial charge in [0.15, 0.2) is 11.5 Å². The third kappa shape index (κ3) is 3.56. The number of carbonyl (C=O) groups excluding carboxylic acids is 2. The molecule has 0 aliphatic carbocycles.